The first-order valence-electron chi connectivity index (χ1n) is 8.75. The van der Waals surface area contributed by atoms with Crippen LogP contribution in [0, 0.1) is 0 Å². The van der Waals surface area contributed by atoms with Crippen LogP contribution < -0.4 is 15.2 Å². The minimum absolute atomic E-state index is 0.120. The van der Waals surface area contributed by atoms with E-state index in [1.165, 1.54) is 11.9 Å². The number of aromatic nitrogens is 1. The van der Waals surface area contributed by atoms with E-state index in [0.717, 1.165) is 16.8 Å². The molecule has 1 atom stereocenters. The number of nitrogens with two attached hydrogens (primary N) is 1. The lowest BCUT2D eigenvalue weighted by Gasteiger charge is -2.21. The van der Waals surface area contributed by atoms with Gasteiger partial charge in [0.15, 0.2) is 17.1 Å². The highest BCUT2D eigenvalue weighted by Gasteiger charge is 2.32. The lowest BCUT2D eigenvalue weighted by molar-refractivity contribution is -0.130. The molecule has 1 unspecified atom stereocenters. The number of methoxy groups -OCH3 is 2. The number of hydrogen-bond acceptors (Lipinski definition) is 7. The number of amides is 1. The Kier molecular flexibility index (Phi) is 4.38. The molecule has 0 aliphatic carbocycles. The lowest BCUT2D eigenvalue weighted by atomic mass is 9.98. The highest BCUT2D eigenvalue weighted by molar-refractivity contribution is 6.04. The highest BCUT2D eigenvalue weighted by Crippen LogP contribution is 2.37. The smallest absolute Gasteiger partial charge is 0.292 e. The molecule has 0 bridgehead atoms. The Bertz CT molecular complexity index is 1090. The van der Waals surface area contributed by atoms with Crippen molar-refractivity contribution < 1.29 is 18.7 Å². The van der Waals surface area contributed by atoms with Crippen LogP contribution in [-0.2, 0) is 4.79 Å². The van der Waals surface area contributed by atoms with Crippen LogP contribution in [-0.4, -0.2) is 35.8 Å². The number of ether oxygens (including phenoxy) is 2. The summed E-state index contributed by atoms with van der Waals surface area (Å²) in [5, 5.41) is 6.06. The van der Waals surface area contributed by atoms with E-state index < -0.39 is 0 Å². The highest BCUT2D eigenvalue weighted by atomic mass is 16.5. The van der Waals surface area contributed by atoms with Gasteiger partial charge in [0.2, 0.25) is 5.91 Å². The molecule has 0 saturated heterocycles. The molecule has 28 heavy (non-hydrogen) atoms. The van der Waals surface area contributed by atoms with E-state index in [4.69, 9.17) is 19.6 Å². The molecule has 8 nitrogen and oxygen atoms in total. The van der Waals surface area contributed by atoms with Gasteiger partial charge in [0, 0.05) is 18.9 Å². The molecule has 2 heterocycles. The van der Waals surface area contributed by atoms with Gasteiger partial charge in [-0.2, -0.15) is 10.1 Å². The molecule has 0 radical (unpaired) electrons. The summed E-state index contributed by atoms with van der Waals surface area (Å²) in [6.45, 7) is 1.50. The second-order valence-electron chi connectivity index (χ2n) is 6.48. The van der Waals surface area contributed by atoms with Crippen molar-refractivity contribution >= 4 is 28.7 Å². The number of oxazole rings is 1. The number of nitrogens with zero attached hydrogens (tertiary/aromatic N) is 3. The predicted molar refractivity (Wildman–Crippen MR) is 104 cm³/mol. The van der Waals surface area contributed by atoms with Gasteiger partial charge in [0.25, 0.3) is 6.01 Å². The van der Waals surface area contributed by atoms with Crippen LogP contribution in [0.5, 0.6) is 11.5 Å². The lowest BCUT2D eigenvalue weighted by Crippen LogP contribution is -2.24. The largest absolute Gasteiger partial charge is 0.493 e. The van der Waals surface area contributed by atoms with Gasteiger partial charge in [0.1, 0.15) is 5.52 Å². The molecule has 1 amide bonds. The predicted octanol–water partition coefficient (Wildman–Crippen LogP) is 3.12. The summed E-state index contributed by atoms with van der Waals surface area (Å²) >= 11 is 0. The number of carbonyl (C=O) groups excluding carboxylic acids is 1. The van der Waals surface area contributed by atoms with E-state index >= 15 is 0 Å². The average molecular weight is 380 g/mol. The minimum Gasteiger partial charge on any atom is -0.493 e. The molecule has 0 fully saturated rings. The van der Waals surface area contributed by atoms with Crippen LogP contribution in [0.15, 0.2) is 45.9 Å². The standard InChI is InChI=1S/C20H20N4O4/c1-11(25)24-16(13-5-7-18(26-2)19(9-13)27-3)10-14(23-24)12-4-6-17-15(8-12)22-20(21)28-17/h4-9,16H,10H2,1-3H3,(H2,21,22). The summed E-state index contributed by atoms with van der Waals surface area (Å²) in [6.07, 6.45) is 0.563. The SMILES string of the molecule is COc1ccc(C2CC(c3ccc4oc(N)nc4c3)=NN2C(C)=O)cc1OC. The van der Waals surface area contributed by atoms with E-state index in [1.54, 1.807) is 20.3 Å². The molecule has 1 aliphatic rings. The second kappa shape index (κ2) is 6.88. The van der Waals surface area contributed by atoms with Gasteiger partial charge in [0.05, 0.1) is 26.0 Å². The number of nitrogen functional groups attached to an aromatic ring is 1. The van der Waals surface area contributed by atoms with Crippen molar-refractivity contribution in [2.24, 2.45) is 5.10 Å². The Morgan fingerprint density at radius 1 is 1.18 bits per heavy atom. The molecule has 144 valence electrons. The molecule has 2 N–H and O–H groups in total. The number of carbonyl (C=O) groups is 1. The maximum atomic E-state index is 12.2. The molecule has 3 aromatic rings. The monoisotopic (exact) mass is 380 g/mol. The third-order valence-electron chi connectivity index (χ3n) is 4.76. The quantitative estimate of drug-likeness (QED) is 0.746. The zero-order valence-electron chi connectivity index (χ0n) is 15.8. The van der Waals surface area contributed by atoms with Gasteiger partial charge in [-0.1, -0.05) is 6.07 Å². The Morgan fingerprint density at radius 3 is 2.68 bits per heavy atom. The maximum absolute atomic E-state index is 12.2. The average Bonchev–Trinajstić information content (AvgIpc) is 3.29. The zero-order chi connectivity index (χ0) is 19.8. The summed E-state index contributed by atoms with van der Waals surface area (Å²) in [5.41, 5.74) is 9.46. The third kappa shape index (κ3) is 3.02. The maximum Gasteiger partial charge on any atom is 0.292 e. The van der Waals surface area contributed by atoms with Crippen LogP contribution in [0.25, 0.3) is 11.1 Å². The number of rotatable bonds is 4. The Balaban J connectivity index is 1.70. The van der Waals surface area contributed by atoms with Gasteiger partial charge in [-0.3, -0.25) is 4.79 Å². The van der Waals surface area contributed by atoms with Gasteiger partial charge in [-0.15, -0.1) is 0 Å². The van der Waals surface area contributed by atoms with E-state index in [9.17, 15) is 4.79 Å². The molecule has 0 saturated carbocycles. The van der Waals surface area contributed by atoms with E-state index in [-0.39, 0.29) is 18.0 Å². The summed E-state index contributed by atoms with van der Waals surface area (Å²) < 4.78 is 16.0. The van der Waals surface area contributed by atoms with Gasteiger partial charge < -0.3 is 19.6 Å². The van der Waals surface area contributed by atoms with Crippen molar-refractivity contribution in [2.45, 2.75) is 19.4 Å². The molecule has 1 aromatic heterocycles. The molecule has 0 spiro atoms. The number of hydrazone groups is 1. The third-order valence-corrected chi connectivity index (χ3v) is 4.76. The van der Waals surface area contributed by atoms with Crippen LogP contribution >= 0.6 is 0 Å². The number of benzene rings is 2. The van der Waals surface area contributed by atoms with Crippen molar-refractivity contribution in [2.75, 3.05) is 20.0 Å². The molecular weight excluding hydrogens is 360 g/mol. The Labute approximate surface area is 161 Å². The Morgan fingerprint density at radius 2 is 1.96 bits per heavy atom. The first kappa shape index (κ1) is 17.8. The molecule has 2 aromatic carbocycles. The van der Waals surface area contributed by atoms with Crippen LogP contribution in [0.1, 0.15) is 30.5 Å². The fourth-order valence-electron chi connectivity index (χ4n) is 3.42. The molecule has 4 rings (SSSR count). The second-order valence-corrected chi connectivity index (χ2v) is 6.48. The van der Waals surface area contributed by atoms with Gasteiger partial charge in [-0.05, 0) is 35.9 Å². The van der Waals surface area contributed by atoms with Crippen molar-refractivity contribution in [3.05, 3.63) is 47.5 Å². The Hall–Kier alpha value is -3.55. The number of anilines is 1. The first-order valence-corrected chi connectivity index (χ1v) is 8.75. The minimum atomic E-state index is -0.231. The van der Waals surface area contributed by atoms with E-state index in [1.807, 2.05) is 30.3 Å². The fraction of sp³-hybridized carbons (Fsp3) is 0.250. The van der Waals surface area contributed by atoms with Crippen LogP contribution in [0.2, 0.25) is 0 Å². The molecule has 8 heteroatoms. The molecular formula is C20H20N4O4. The fourth-order valence-corrected chi connectivity index (χ4v) is 3.42. The van der Waals surface area contributed by atoms with Gasteiger partial charge in [-0.25, -0.2) is 5.01 Å². The topological polar surface area (TPSA) is 103 Å². The van der Waals surface area contributed by atoms with E-state index in [2.05, 4.69) is 10.1 Å². The van der Waals surface area contributed by atoms with Crippen molar-refractivity contribution in [1.29, 1.82) is 0 Å². The zero-order valence-corrected chi connectivity index (χ0v) is 15.8. The summed E-state index contributed by atoms with van der Waals surface area (Å²) in [5.74, 6) is 1.10. The number of hydrogen-bond donors (Lipinski definition) is 1. The van der Waals surface area contributed by atoms with Crippen LogP contribution in [0.4, 0.5) is 6.01 Å². The van der Waals surface area contributed by atoms with Crippen molar-refractivity contribution in [1.82, 2.24) is 9.99 Å². The van der Waals surface area contributed by atoms with Crippen molar-refractivity contribution in [3.63, 3.8) is 0 Å². The first-order chi connectivity index (χ1) is 13.5. The molecule has 1 aliphatic heterocycles. The van der Waals surface area contributed by atoms with E-state index in [0.29, 0.717) is 29.0 Å². The van der Waals surface area contributed by atoms with Crippen molar-refractivity contribution in [3.8, 4) is 11.5 Å². The normalized spacial score (nSPS) is 16.3. The summed E-state index contributed by atoms with van der Waals surface area (Å²) in [6, 6.07) is 11.1. The summed E-state index contributed by atoms with van der Waals surface area (Å²) in [4.78, 5) is 16.4. The van der Waals surface area contributed by atoms with Gasteiger partial charge >= 0.3 is 0 Å². The number of fused-ring (bicyclic) bond motifs is 1. The summed E-state index contributed by atoms with van der Waals surface area (Å²) in [7, 11) is 3.17. The van der Waals surface area contributed by atoms with Crippen LogP contribution in [0.3, 0.4) is 0 Å².